The minimum Gasteiger partial charge on any atom is -0.347 e. The highest BCUT2D eigenvalue weighted by Crippen LogP contribution is 2.38. The van der Waals surface area contributed by atoms with Crippen LogP contribution >= 0.6 is 0 Å². The van der Waals surface area contributed by atoms with Crippen molar-refractivity contribution in [1.82, 2.24) is 9.55 Å². The van der Waals surface area contributed by atoms with Crippen molar-refractivity contribution < 1.29 is 0 Å². The maximum atomic E-state index is 4.83. The molecule has 2 heteroatoms. The molecule has 2 aliphatic rings. The predicted octanol–water partition coefficient (Wildman–Crippen LogP) is 4.14. The molecule has 2 aromatic carbocycles. The van der Waals surface area contributed by atoms with Gasteiger partial charge in [0.2, 0.25) is 0 Å². The standard InChI is InChI=1S/C17H14N2/c1-11-16-12-7-3-5-9-14(12)18-17(16)13-8-4-6-10-15(13)19(11)2/h3-10H,1-2H3. The third-order valence-corrected chi connectivity index (χ3v) is 4.03. The van der Waals surface area contributed by atoms with Crippen LogP contribution < -0.4 is 0 Å². The molecule has 0 spiro atoms. The molecule has 92 valence electrons. The van der Waals surface area contributed by atoms with Gasteiger partial charge in [-0.2, -0.15) is 0 Å². The highest BCUT2D eigenvalue weighted by Gasteiger charge is 2.19. The van der Waals surface area contributed by atoms with E-state index in [1.807, 2.05) is 6.07 Å². The van der Waals surface area contributed by atoms with E-state index in [1.54, 1.807) is 0 Å². The summed E-state index contributed by atoms with van der Waals surface area (Å²) in [6, 6.07) is 16.8. The van der Waals surface area contributed by atoms with E-state index in [2.05, 4.69) is 61.0 Å². The number of hydrogen-bond donors (Lipinski definition) is 0. The summed E-state index contributed by atoms with van der Waals surface area (Å²) in [6.45, 7) is 2.17. The lowest BCUT2D eigenvalue weighted by Gasteiger charge is -2.15. The van der Waals surface area contributed by atoms with Gasteiger partial charge in [0.1, 0.15) is 0 Å². The summed E-state index contributed by atoms with van der Waals surface area (Å²) in [5.41, 5.74) is 5.97. The van der Waals surface area contributed by atoms with Gasteiger partial charge in [0.25, 0.3) is 0 Å². The summed E-state index contributed by atoms with van der Waals surface area (Å²) in [5, 5.41) is 2.47. The van der Waals surface area contributed by atoms with Gasteiger partial charge in [-0.1, -0.05) is 36.4 Å². The largest absolute Gasteiger partial charge is 0.347 e. The molecule has 0 amide bonds. The van der Waals surface area contributed by atoms with Crippen molar-refractivity contribution in [2.24, 2.45) is 7.05 Å². The third kappa shape index (κ3) is 1.28. The summed E-state index contributed by atoms with van der Waals surface area (Å²) >= 11 is 0. The molecule has 0 aromatic heterocycles. The molecule has 0 bridgehead atoms. The van der Waals surface area contributed by atoms with Gasteiger partial charge < -0.3 is 4.57 Å². The second-order valence-corrected chi connectivity index (χ2v) is 5.01. The van der Waals surface area contributed by atoms with Crippen molar-refractivity contribution >= 4 is 21.8 Å². The minimum atomic E-state index is 1.08. The maximum absolute atomic E-state index is 4.83. The number of para-hydroxylation sites is 2. The number of nitrogens with zero attached hydrogens (tertiary/aromatic N) is 2. The second kappa shape index (κ2) is 3.58. The normalized spacial score (nSPS) is 11.7. The molecular formula is C17H14N2. The number of benzene rings is 2. The van der Waals surface area contributed by atoms with Gasteiger partial charge in [-0.05, 0) is 19.1 Å². The Labute approximate surface area is 111 Å². The monoisotopic (exact) mass is 246 g/mol. The Bertz CT molecular complexity index is 887. The molecule has 2 nitrogen and oxygen atoms in total. The van der Waals surface area contributed by atoms with E-state index in [1.165, 1.54) is 27.5 Å². The first-order valence-corrected chi connectivity index (χ1v) is 6.50. The molecule has 0 saturated heterocycles. The van der Waals surface area contributed by atoms with Crippen molar-refractivity contribution in [3.05, 3.63) is 54.2 Å². The van der Waals surface area contributed by atoms with Crippen molar-refractivity contribution in [3.63, 3.8) is 0 Å². The van der Waals surface area contributed by atoms with Crippen LogP contribution in [0, 0.1) is 6.92 Å². The molecule has 0 saturated carbocycles. The molecule has 0 atom stereocenters. The molecular weight excluding hydrogens is 232 g/mol. The van der Waals surface area contributed by atoms with E-state index in [0.29, 0.717) is 0 Å². The summed E-state index contributed by atoms with van der Waals surface area (Å²) in [7, 11) is 2.12. The van der Waals surface area contributed by atoms with Crippen molar-refractivity contribution in [2.45, 2.75) is 6.92 Å². The van der Waals surface area contributed by atoms with Gasteiger partial charge in [-0.3, -0.25) is 0 Å². The lowest BCUT2D eigenvalue weighted by Crippen LogP contribution is -2.01. The zero-order valence-corrected chi connectivity index (χ0v) is 11.0. The van der Waals surface area contributed by atoms with Crippen molar-refractivity contribution in [1.29, 1.82) is 0 Å². The zero-order valence-electron chi connectivity index (χ0n) is 11.0. The zero-order chi connectivity index (χ0) is 13.0. The van der Waals surface area contributed by atoms with E-state index in [0.717, 1.165) is 11.2 Å². The first-order chi connectivity index (χ1) is 9.27. The van der Waals surface area contributed by atoms with E-state index in [9.17, 15) is 0 Å². The fourth-order valence-electron chi connectivity index (χ4n) is 2.96. The smallest absolute Gasteiger partial charge is 0.0827 e. The molecule has 2 aromatic rings. The average Bonchev–Trinajstić information content (AvgIpc) is 2.84. The quantitative estimate of drug-likeness (QED) is 0.456. The van der Waals surface area contributed by atoms with Gasteiger partial charge in [-0.25, -0.2) is 4.98 Å². The van der Waals surface area contributed by atoms with Crippen LogP contribution in [0.2, 0.25) is 0 Å². The molecule has 4 rings (SSSR count). The third-order valence-electron chi connectivity index (χ3n) is 4.03. The van der Waals surface area contributed by atoms with Gasteiger partial charge in [0, 0.05) is 29.1 Å². The van der Waals surface area contributed by atoms with Crippen LogP contribution in [0.15, 0.2) is 48.5 Å². The van der Waals surface area contributed by atoms with Gasteiger partial charge in [0.05, 0.1) is 16.7 Å². The summed E-state index contributed by atoms with van der Waals surface area (Å²) in [5.74, 6) is 0. The van der Waals surface area contributed by atoms with Crippen LogP contribution in [0.3, 0.4) is 0 Å². The topological polar surface area (TPSA) is 17.8 Å². The molecule has 0 N–H and O–H groups in total. The van der Waals surface area contributed by atoms with E-state index in [4.69, 9.17) is 4.98 Å². The molecule has 2 aliphatic heterocycles. The summed E-state index contributed by atoms with van der Waals surface area (Å²) < 4.78 is 2.26. The van der Waals surface area contributed by atoms with Gasteiger partial charge >= 0.3 is 0 Å². The Morgan fingerprint density at radius 3 is 2.42 bits per heavy atom. The van der Waals surface area contributed by atoms with Gasteiger partial charge in [-0.15, -0.1) is 0 Å². The van der Waals surface area contributed by atoms with Crippen LogP contribution in [0.5, 0.6) is 0 Å². The van der Waals surface area contributed by atoms with Crippen LogP contribution in [-0.2, 0) is 7.05 Å². The van der Waals surface area contributed by atoms with E-state index >= 15 is 0 Å². The van der Waals surface area contributed by atoms with E-state index < -0.39 is 0 Å². The lowest BCUT2D eigenvalue weighted by molar-refractivity contribution is 0.904. The van der Waals surface area contributed by atoms with Crippen molar-refractivity contribution in [2.75, 3.05) is 0 Å². The van der Waals surface area contributed by atoms with Crippen molar-refractivity contribution in [3.8, 4) is 11.3 Å². The number of aromatic nitrogens is 2. The number of aryl methyl sites for hydroxylation is 1. The Hall–Kier alpha value is -2.35. The Morgan fingerprint density at radius 2 is 1.58 bits per heavy atom. The maximum Gasteiger partial charge on any atom is 0.0827 e. The SMILES string of the molecule is Cc1c2c3ccccc3nc-2c2ccccc2n1C. The Morgan fingerprint density at radius 1 is 0.895 bits per heavy atom. The van der Waals surface area contributed by atoms with Crippen LogP contribution in [0.1, 0.15) is 5.69 Å². The Balaban J connectivity index is 2.36. The number of hydrogen-bond acceptors (Lipinski definition) is 1. The molecule has 0 fully saturated rings. The fourth-order valence-corrected chi connectivity index (χ4v) is 2.96. The predicted molar refractivity (Wildman–Crippen MR) is 79.6 cm³/mol. The lowest BCUT2D eigenvalue weighted by atomic mass is 10.0. The number of pyridine rings is 1. The van der Waals surface area contributed by atoms with Crippen LogP contribution in [0.25, 0.3) is 33.1 Å². The molecule has 0 unspecified atom stereocenters. The minimum absolute atomic E-state index is 1.08. The van der Waals surface area contributed by atoms with E-state index in [-0.39, 0.29) is 0 Å². The molecule has 19 heavy (non-hydrogen) atoms. The molecule has 0 aliphatic carbocycles. The first-order valence-electron chi connectivity index (χ1n) is 6.50. The first kappa shape index (κ1) is 10.6. The summed E-state index contributed by atoms with van der Waals surface area (Å²) in [6.07, 6.45) is 0. The second-order valence-electron chi connectivity index (χ2n) is 5.01. The highest BCUT2D eigenvalue weighted by molar-refractivity contribution is 6.07. The average molecular weight is 246 g/mol. The number of fused-ring (bicyclic) bond motifs is 5. The molecule has 0 radical (unpaired) electrons. The fraction of sp³-hybridized carbons (Fsp3) is 0.118. The highest BCUT2D eigenvalue weighted by atomic mass is 14.9. The van der Waals surface area contributed by atoms with Crippen LogP contribution in [0.4, 0.5) is 0 Å². The Kier molecular flexibility index (Phi) is 1.99. The molecule has 2 heterocycles. The number of rotatable bonds is 0. The summed E-state index contributed by atoms with van der Waals surface area (Å²) in [4.78, 5) is 4.83. The van der Waals surface area contributed by atoms with Gasteiger partial charge in [0.15, 0.2) is 0 Å². The van der Waals surface area contributed by atoms with Crippen LogP contribution in [-0.4, -0.2) is 9.55 Å².